The number of rotatable bonds is 5. The molecule has 2 N–H and O–H groups in total. The number of hydrogen-bond donors (Lipinski definition) is 2. The molecule has 2 aromatic rings. The molecule has 0 fully saturated rings. The monoisotopic (exact) mass is 324 g/mol. The highest BCUT2D eigenvalue weighted by Gasteiger charge is 2.15. The van der Waals surface area contributed by atoms with Gasteiger partial charge < -0.3 is 10.4 Å². The maximum Gasteiger partial charge on any atom is 0.251 e. The third-order valence-electron chi connectivity index (χ3n) is 2.91. The zero-order valence-corrected chi connectivity index (χ0v) is 12.6. The van der Waals surface area contributed by atoms with Crippen LogP contribution in [-0.2, 0) is 6.42 Å². The molecule has 0 saturated heterocycles. The Morgan fingerprint density at radius 3 is 2.38 bits per heavy atom. The first-order valence-corrected chi connectivity index (χ1v) is 7.13. The van der Waals surface area contributed by atoms with Gasteiger partial charge in [0, 0.05) is 5.56 Å². The van der Waals surface area contributed by atoms with E-state index in [1.165, 1.54) is 12.1 Å². The van der Waals surface area contributed by atoms with Crippen LogP contribution in [0.5, 0.6) is 0 Å². The van der Waals surface area contributed by atoms with E-state index in [-0.39, 0.29) is 28.9 Å². The number of halogens is 2. The summed E-state index contributed by atoms with van der Waals surface area (Å²) >= 11 is 11.5. The fraction of sp³-hybridized carbons (Fsp3) is 0.200. The number of amides is 1. The Bertz CT molecular complexity index is 600. The first-order valence-electron chi connectivity index (χ1n) is 6.37. The van der Waals surface area contributed by atoms with Crippen LogP contribution in [0.4, 0.5) is 0 Å². The zero-order valence-electron chi connectivity index (χ0n) is 11.1. The van der Waals surface area contributed by atoms with E-state index in [1.807, 2.05) is 30.3 Å². The molecule has 0 unspecified atom stereocenters. The van der Waals surface area contributed by atoms with Crippen molar-refractivity contribution in [1.29, 1.82) is 0 Å². The van der Waals surface area contributed by atoms with Gasteiger partial charge in [-0.3, -0.25) is 4.79 Å². The van der Waals surface area contributed by atoms with Gasteiger partial charge in [0.15, 0.2) is 0 Å². The van der Waals surface area contributed by atoms with Crippen LogP contribution in [0.15, 0.2) is 42.5 Å². The molecule has 0 spiro atoms. The number of carbonyl (C=O) groups is 1. The van der Waals surface area contributed by atoms with Crippen LogP contribution >= 0.6 is 23.2 Å². The average Bonchev–Trinajstić information content (AvgIpc) is 2.46. The van der Waals surface area contributed by atoms with Crippen molar-refractivity contribution in [2.45, 2.75) is 12.5 Å². The summed E-state index contributed by atoms with van der Waals surface area (Å²) in [6.45, 7) is -0.160. The molecule has 1 heterocycles. The van der Waals surface area contributed by atoms with Crippen LogP contribution in [0.1, 0.15) is 15.9 Å². The molecule has 1 aromatic heterocycles. The van der Waals surface area contributed by atoms with E-state index >= 15 is 0 Å². The van der Waals surface area contributed by atoms with Gasteiger partial charge in [-0.25, -0.2) is 4.98 Å². The minimum atomic E-state index is -0.384. The fourth-order valence-electron chi connectivity index (χ4n) is 1.92. The zero-order chi connectivity index (χ0) is 15.2. The number of hydrogen-bond acceptors (Lipinski definition) is 3. The SMILES string of the molecule is O=C(N[C@H](CO)Cc1ccccc1)c1cc(Cl)nc(Cl)c1. The summed E-state index contributed by atoms with van der Waals surface area (Å²) < 4.78 is 0. The van der Waals surface area contributed by atoms with Gasteiger partial charge in [0.2, 0.25) is 0 Å². The first kappa shape index (κ1) is 15.8. The standard InChI is InChI=1S/C15H14Cl2N2O2/c16-13-7-11(8-14(17)19-13)15(21)18-12(9-20)6-10-4-2-1-3-5-10/h1-5,7-8,12,20H,6,9H2,(H,18,21)/t12-/m0/s1. The van der Waals surface area contributed by atoms with Crippen molar-refractivity contribution < 1.29 is 9.90 Å². The quantitative estimate of drug-likeness (QED) is 0.831. The number of pyridine rings is 1. The van der Waals surface area contributed by atoms with Crippen molar-refractivity contribution in [2.75, 3.05) is 6.61 Å². The lowest BCUT2D eigenvalue weighted by Gasteiger charge is -2.16. The van der Waals surface area contributed by atoms with Crippen molar-refractivity contribution >= 4 is 29.1 Å². The molecule has 1 amide bonds. The Morgan fingerprint density at radius 2 is 1.81 bits per heavy atom. The van der Waals surface area contributed by atoms with Gasteiger partial charge in [0.25, 0.3) is 5.91 Å². The van der Waals surface area contributed by atoms with Crippen molar-refractivity contribution in [1.82, 2.24) is 10.3 Å². The lowest BCUT2D eigenvalue weighted by molar-refractivity contribution is 0.0916. The van der Waals surface area contributed by atoms with E-state index in [4.69, 9.17) is 23.2 Å². The predicted molar refractivity (Wildman–Crippen MR) is 82.7 cm³/mol. The Labute approximate surface area is 132 Å². The van der Waals surface area contributed by atoms with Crippen LogP contribution in [0.3, 0.4) is 0 Å². The first-order chi connectivity index (χ1) is 10.1. The average molecular weight is 325 g/mol. The maximum atomic E-state index is 12.1. The summed E-state index contributed by atoms with van der Waals surface area (Å²) in [5.74, 6) is -0.351. The van der Waals surface area contributed by atoms with E-state index in [1.54, 1.807) is 0 Å². The molecular formula is C15H14Cl2N2O2. The molecular weight excluding hydrogens is 311 g/mol. The second-order valence-corrected chi connectivity index (χ2v) is 5.32. The third-order valence-corrected chi connectivity index (χ3v) is 3.29. The minimum Gasteiger partial charge on any atom is -0.394 e. The molecule has 2 rings (SSSR count). The lowest BCUT2D eigenvalue weighted by Crippen LogP contribution is -2.39. The molecule has 0 aliphatic heterocycles. The number of benzene rings is 1. The molecule has 21 heavy (non-hydrogen) atoms. The Hall–Kier alpha value is -1.62. The van der Waals surface area contributed by atoms with Gasteiger partial charge in [0.1, 0.15) is 10.3 Å². The molecule has 1 atom stereocenters. The van der Waals surface area contributed by atoms with Gasteiger partial charge in [-0.15, -0.1) is 0 Å². The molecule has 6 heteroatoms. The second kappa shape index (κ2) is 7.41. The van der Waals surface area contributed by atoms with E-state index < -0.39 is 0 Å². The number of nitrogens with one attached hydrogen (secondary N) is 1. The number of aromatic nitrogens is 1. The second-order valence-electron chi connectivity index (χ2n) is 4.54. The molecule has 0 saturated carbocycles. The minimum absolute atomic E-state index is 0.149. The maximum absolute atomic E-state index is 12.1. The highest BCUT2D eigenvalue weighted by Crippen LogP contribution is 2.15. The van der Waals surface area contributed by atoms with Crippen molar-refractivity contribution in [3.8, 4) is 0 Å². The molecule has 110 valence electrons. The largest absolute Gasteiger partial charge is 0.394 e. The van der Waals surface area contributed by atoms with Gasteiger partial charge in [0.05, 0.1) is 12.6 Å². The topological polar surface area (TPSA) is 62.2 Å². The predicted octanol–water partition coefficient (Wildman–Crippen LogP) is 2.72. The van der Waals surface area contributed by atoms with Gasteiger partial charge in [-0.1, -0.05) is 53.5 Å². The summed E-state index contributed by atoms with van der Waals surface area (Å²) in [4.78, 5) is 15.9. The summed E-state index contributed by atoms with van der Waals surface area (Å²) in [6.07, 6.45) is 0.537. The van der Waals surface area contributed by atoms with Crippen molar-refractivity contribution in [3.63, 3.8) is 0 Å². The summed E-state index contributed by atoms with van der Waals surface area (Å²) in [7, 11) is 0. The summed E-state index contributed by atoms with van der Waals surface area (Å²) in [6, 6.07) is 12.1. The van der Waals surface area contributed by atoms with Crippen molar-refractivity contribution in [2.24, 2.45) is 0 Å². The van der Waals surface area contributed by atoms with Crippen LogP contribution < -0.4 is 5.32 Å². The van der Waals surface area contributed by atoms with E-state index in [9.17, 15) is 9.90 Å². The molecule has 1 aromatic carbocycles. The lowest BCUT2D eigenvalue weighted by atomic mass is 10.1. The molecule has 0 bridgehead atoms. The Balaban J connectivity index is 2.05. The van der Waals surface area contributed by atoms with Crippen LogP contribution in [0.25, 0.3) is 0 Å². The van der Waals surface area contributed by atoms with E-state index in [0.29, 0.717) is 12.0 Å². The molecule has 0 aliphatic rings. The van der Waals surface area contributed by atoms with E-state index in [0.717, 1.165) is 5.56 Å². The fourth-order valence-corrected chi connectivity index (χ4v) is 2.39. The molecule has 0 aliphatic carbocycles. The smallest absolute Gasteiger partial charge is 0.251 e. The molecule has 4 nitrogen and oxygen atoms in total. The Morgan fingerprint density at radius 1 is 1.19 bits per heavy atom. The van der Waals surface area contributed by atoms with E-state index in [2.05, 4.69) is 10.3 Å². The third kappa shape index (κ3) is 4.70. The number of carbonyl (C=O) groups excluding carboxylic acids is 1. The van der Waals surface area contributed by atoms with Crippen LogP contribution in [0.2, 0.25) is 10.3 Å². The molecule has 0 radical (unpaired) electrons. The summed E-state index contributed by atoms with van der Waals surface area (Å²) in [5.41, 5.74) is 1.34. The van der Waals surface area contributed by atoms with Crippen LogP contribution in [0, 0.1) is 0 Å². The summed E-state index contributed by atoms with van der Waals surface area (Å²) in [5, 5.41) is 12.5. The Kier molecular flexibility index (Phi) is 5.56. The van der Waals surface area contributed by atoms with Gasteiger partial charge in [-0.2, -0.15) is 0 Å². The highest BCUT2D eigenvalue weighted by molar-refractivity contribution is 6.33. The number of aliphatic hydroxyl groups is 1. The number of aliphatic hydroxyl groups excluding tert-OH is 1. The normalized spacial score (nSPS) is 12.0. The van der Waals surface area contributed by atoms with Gasteiger partial charge in [-0.05, 0) is 24.1 Å². The van der Waals surface area contributed by atoms with Gasteiger partial charge >= 0.3 is 0 Å². The highest BCUT2D eigenvalue weighted by atomic mass is 35.5. The number of nitrogens with zero attached hydrogens (tertiary/aromatic N) is 1. The van der Waals surface area contributed by atoms with Crippen LogP contribution in [-0.4, -0.2) is 28.6 Å². The van der Waals surface area contributed by atoms with Crippen molar-refractivity contribution in [3.05, 3.63) is 63.9 Å².